The van der Waals surface area contributed by atoms with Gasteiger partial charge in [0, 0.05) is 0 Å². The molecule has 1 heteroatoms. The summed E-state index contributed by atoms with van der Waals surface area (Å²) in [4.78, 5) is 0. The largest absolute Gasteiger partial charge is 0.316 e. The summed E-state index contributed by atoms with van der Waals surface area (Å²) >= 11 is 0. The van der Waals surface area contributed by atoms with E-state index in [1.54, 1.807) is 0 Å². The van der Waals surface area contributed by atoms with Gasteiger partial charge in [0.2, 0.25) is 0 Å². The first-order chi connectivity index (χ1) is 4.50. The number of allylic oxidation sites excluding steroid dienone is 2. The number of hydrogen-bond acceptors (Lipinski definition) is 1. The van der Waals surface area contributed by atoms with Crippen LogP contribution in [0.4, 0.5) is 0 Å². The highest BCUT2D eigenvalue weighted by atomic mass is 14.8. The molecule has 0 saturated carbocycles. The van der Waals surface area contributed by atoms with Gasteiger partial charge in [-0.25, -0.2) is 0 Å². The molecule has 9 heavy (non-hydrogen) atoms. The third-order valence-corrected chi connectivity index (χ3v) is 1.36. The summed E-state index contributed by atoms with van der Waals surface area (Å²) in [7, 11) is 0. The smallest absolute Gasteiger partial charge is 0.00140 e. The van der Waals surface area contributed by atoms with Crippen LogP contribution in [0.1, 0.15) is 12.8 Å². The Kier molecular flexibility index (Phi) is 3.16. The Bertz CT molecular complexity index is 99.7. The molecule has 0 aromatic rings. The fraction of sp³-hybridized carbons (Fsp3) is 0.500. The van der Waals surface area contributed by atoms with Crippen LogP contribution in [0, 0.1) is 0 Å². The van der Waals surface area contributed by atoms with E-state index in [1.165, 1.54) is 0 Å². The summed E-state index contributed by atoms with van der Waals surface area (Å²) in [5, 5.41) is 3.32. The normalized spacial score (nSPS) is 27.6. The Morgan fingerprint density at radius 1 is 0.889 bits per heavy atom. The standard InChI is InChI=1S/C8H13N/c1-2-4-6-8-9-7-5-3-1/h1-4,9H,5-8H2/b3-1-,4-2+. The molecule has 0 aromatic carbocycles. The molecule has 0 bridgehead atoms. The fourth-order valence-corrected chi connectivity index (χ4v) is 0.845. The maximum absolute atomic E-state index is 3.32. The van der Waals surface area contributed by atoms with Gasteiger partial charge in [-0.15, -0.1) is 0 Å². The summed E-state index contributed by atoms with van der Waals surface area (Å²) in [6, 6.07) is 0. The van der Waals surface area contributed by atoms with Gasteiger partial charge in [0.05, 0.1) is 0 Å². The first-order valence-electron chi connectivity index (χ1n) is 3.52. The second-order valence-electron chi connectivity index (χ2n) is 2.18. The van der Waals surface area contributed by atoms with Gasteiger partial charge in [0.15, 0.2) is 0 Å². The molecule has 1 nitrogen and oxygen atoms in total. The average molecular weight is 123 g/mol. The zero-order valence-corrected chi connectivity index (χ0v) is 5.64. The predicted molar refractivity (Wildman–Crippen MR) is 40.4 cm³/mol. The number of hydrogen-bond donors (Lipinski definition) is 1. The van der Waals surface area contributed by atoms with E-state index in [2.05, 4.69) is 29.6 Å². The average Bonchev–Trinajstić information content (AvgIpc) is 2.00. The van der Waals surface area contributed by atoms with E-state index >= 15 is 0 Å². The highest BCUT2D eigenvalue weighted by molar-refractivity contribution is 5.03. The Morgan fingerprint density at radius 3 is 2.00 bits per heavy atom. The lowest BCUT2D eigenvalue weighted by Crippen LogP contribution is -2.14. The van der Waals surface area contributed by atoms with Crippen molar-refractivity contribution >= 4 is 0 Å². The zero-order valence-electron chi connectivity index (χ0n) is 5.64. The molecule has 1 rings (SSSR count). The van der Waals surface area contributed by atoms with Crippen LogP contribution >= 0.6 is 0 Å². The minimum Gasteiger partial charge on any atom is -0.316 e. The molecule has 1 N–H and O–H groups in total. The van der Waals surface area contributed by atoms with Crippen molar-refractivity contribution in [3.8, 4) is 0 Å². The first-order valence-corrected chi connectivity index (χ1v) is 3.52. The monoisotopic (exact) mass is 123 g/mol. The van der Waals surface area contributed by atoms with E-state index in [-0.39, 0.29) is 0 Å². The van der Waals surface area contributed by atoms with Crippen molar-refractivity contribution in [3.05, 3.63) is 24.3 Å². The van der Waals surface area contributed by atoms with Gasteiger partial charge in [0.1, 0.15) is 0 Å². The molecule has 0 fully saturated rings. The van der Waals surface area contributed by atoms with Crippen LogP contribution in [-0.2, 0) is 0 Å². The molecular weight excluding hydrogens is 110 g/mol. The highest BCUT2D eigenvalue weighted by Crippen LogP contribution is 1.88. The van der Waals surface area contributed by atoms with Crippen molar-refractivity contribution in [2.75, 3.05) is 13.1 Å². The van der Waals surface area contributed by atoms with Gasteiger partial charge in [-0.3, -0.25) is 0 Å². The summed E-state index contributed by atoms with van der Waals surface area (Å²) in [6.07, 6.45) is 10.9. The molecular formula is C8H13N. The molecule has 1 aliphatic heterocycles. The number of rotatable bonds is 0. The van der Waals surface area contributed by atoms with Gasteiger partial charge >= 0.3 is 0 Å². The third-order valence-electron chi connectivity index (χ3n) is 1.36. The maximum atomic E-state index is 3.32. The lowest BCUT2D eigenvalue weighted by atomic mass is 10.3. The fourth-order valence-electron chi connectivity index (χ4n) is 0.845. The van der Waals surface area contributed by atoms with E-state index < -0.39 is 0 Å². The summed E-state index contributed by atoms with van der Waals surface area (Å²) in [6.45, 7) is 2.25. The van der Waals surface area contributed by atoms with Crippen LogP contribution in [0.3, 0.4) is 0 Å². The van der Waals surface area contributed by atoms with E-state index in [4.69, 9.17) is 0 Å². The van der Waals surface area contributed by atoms with Gasteiger partial charge in [-0.05, 0) is 25.9 Å². The van der Waals surface area contributed by atoms with E-state index in [9.17, 15) is 0 Å². The summed E-state index contributed by atoms with van der Waals surface area (Å²) in [5.41, 5.74) is 0. The van der Waals surface area contributed by atoms with Gasteiger partial charge in [0.25, 0.3) is 0 Å². The van der Waals surface area contributed by atoms with Gasteiger partial charge in [-0.2, -0.15) is 0 Å². The Hall–Kier alpha value is -0.560. The lowest BCUT2D eigenvalue weighted by Gasteiger charge is -1.96. The van der Waals surface area contributed by atoms with Crippen molar-refractivity contribution in [2.45, 2.75) is 12.8 Å². The van der Waals surface area contributed by atoms with Crippen molar-refractivity contribution in [1.82, 2.24) is 5.32 Å². The lowest BCUT2D eigenvalue weighted by molar-refractivity contribution is 0.699. The maximum Gasteiger partial charge on any atom is -0.00140 e. The van der Waals surface area contributed by atoms with Crippen molar-refractivity contribution in [3.63, 3.8) is 0 Å². The first kappa shape index (κ1) is 6.56. The van der Waals surface area contributed by atoms with Crippen LogP contribution in [0.15, 0.2) is 24.3 Å². The zero-order chi connectivity index (χ0) is 6.36. The summed E-state index contributed by atoms with van der Waals surface area (Å²) in [5.74, 6) is 0. The van der Waals surface area contributed by atoms with Crippen LogP contribution in [0.5, 0.6) is 0 Å². The quantitative estimate of drug-likeness (QED) is 0.514. The molecule has 1 aliphatic rings. The van der Waals surface area contributed by atoms with E-state index in [0.29, 0.717) is 0 Å². The van der Waals surface area contributed by atoms with Crippen LogP contribution in [0.25, 0.3) is 0 Å². The predicted octanol–water partition coefficient (Wildman–Crippen LogP) is 1.48. The van der Waals surface area contributed by atoms with E-state index in [0.717, 1.165) is 25.9 Å². The molecule has 0 radical (unpaired) electrons. The molecule has 0 aromatic heterocycles. The molecule has 0 spiro atoms. The summed E-state index contributed by atoms with van der Waals surface area (Å²) < 4.78 is 0. The molecule has 0 aliphatic carbocycles. The SMILES string of the molecule is C1=C\CCNCC/C=C/1. The van der Waals surface area contributed by atoms with E-state index in [1.807, 2.05) is 0 Å². The van der Waals surface area contributed by atoms with Crippen molar-refractivity contribution in [1.29, 1.82) is 0 Å². The van der Waals surface area contributed by atoms with Crippen LogP contribution in [0.2, 0.25) is 0 Å². The van der Waals surface area contributed by atoms with Crippen LogP contribution in [-0.4, -0.2) is 13.1 Å². The Balaban J connectivity index is 2.28. The van der Waals surface area contributed by atoms with Crippen molar-refractivity contribution < 1.29 is 0 Å². The number of nitrogens with one attached hydrogen (secondary N) is 1. The molecule has 0 unspecified atom stereocenters. The topological polar surface area (TPSA) is 12.0 Å². The van der Waals surface area contributed by atoms with Crippen LogP contribution < -0.4 is 5.32 Å². The minimum atomic E-state index is 1.12. The van der Waals surface area contributed by atoms with Gasteiger partial charge in [-0.1, -0.05) is 24.3 Å². The molecule has 50 valence electrons. The molecule has 0 amide bonds. The molecule has 0 saturated heterocycles. The highest BCUT2D eigenvalue weighted by Gasteiger charge is 1.83. The Labute approximate surface area is 56.5 Å². The Morgan fingerprint density at radius 2 is 1.44 bits per heavy atom. The third kappa shape index (κ3) is 3.09. The minimum absolute atomic E-state index is 1.12. The van der Waals surface area contributed by atoms with Gasteiger partial charge < -0.3 is 5.32 Å². The van der Waals surface area contributed by atoms with Crippen molar-refractivity contribution in [2.24, 2.45) is 0 Å². The second kappa shape index (κ2) is 4.33. The second-order valence-corrected chi connectivity index (χ2v) is 2.18. The molecule has 0 atom stereocenters. The molecule has 1 heterocycles.